The monoisotopic (exact) mass is 247 g/mol. The number of aromatic nitrogens is 2. The van der Waals surface area contributed by atoms with Gasteiger partial charge in [0, 0.05) is 6.54 Å². The molecule has 0 aliphatic heterocycles. The van der Waals surface area contributed by atoms with Gasteiger partial charge < -0.3 is 4.57 Å². The lowest BCUT2D eigenvalue weighted by Crippen LogP contribution is -2.01. The zero-order chi connectivity index (χ0) is 13.2. The van der Waals surface area contributed by atoms with Crippen molar-refractivity contribution in [3.8, 4) is 6.07 Å². The van der Waals surface area contributed by atoms with E-state index < -0.39 is 0 Å². The molecule has 92 valence electrons. The van der Waals surface area contributed by atoms with E-state index >= 15 is 0 Å². The minimum Gasteiger partial charge on any atom is -0.324 e. The number of aryl methyl sites for hydroxylation is 1. The molecule has 0 aliphatic carbocycles. The van der Waals surface area contributed by atoms with Gasteiger partial charge >= 0.3 is 0 Å². The molecule has 0 bridgehead atoms. The van der Waals surface area contributed by atoms with Crippen LogP contribution in [0.2, 0.25) is 0 Å². The quantitative estimate of drug-likeness (QED) is 0.697. The molecule has 0 saturated carbocycles. The van der Waals surface area contributed by atoms with Crippen LogP contribution in [0.1, 0.15) is 17.0 Å². The standard InChI is InChI=1S/C16H13N3/c1-12-18-15-9-14(10-17)7-8-16(15)19(12)11-13-5-3-2-4-6-13/h2-9H,11H2,1H3. The molecule has 3 heteroatoms. The molecule has 0 saturated heterocycles. The normalized spacial score (nSPS) is 10.5. The summed E-state index contributed by atoms with van der Waals surface area (Å²) in [6.45, 7) is 2.80. The molecular formula is C16H13N3. The van der Waals surface area contributed by atoms with Crippen molar-refractivity contribution in [2.75, 3.05) is 0 Å². The van der Waals surface area contributed by atoms with E-state index in [-0.39, 0.29) is 0 Å². The smallest absolute Gasteiger partial charge is 0.107 e. The van der Waals surface area contributed by atoms with E-state index in [2.05, 4.69) is 27.8 Å². The zero-order valence-corrected chi connectivity index (χ0v) is 10.7. The Labute approximate surface area is 111 Å². The Morgan fingerprint density at radius 3 is 2.68 bits per heavy atom. The van der Waals surface area contributed by atoms with E-state index in [1.165, 1.54) is 5.56 Å². The van der Waals surface area contributed by atoms with Gasteiger partial charge in [-0.3, -0.25) is 0 Å². The fraction of sp³-hybridized carbons (Fsp3) is 0.125. The first kappa shape index (κ1) is 11.5. The molecule has 1 aromatic heterocycles. The minimum atomic E-state index is 0.650. The van der Waals surface area contributed by atoms with E-state index in [9.17, 15) is 0 Å². The van der Waals surface area contributed by atoms with Gasteiger partial charge in [0.25, 0.3) is 0 Å². The van der Waals surface area contributed by atoms with Gasteiger partial charge in [0.05, 0.1) is 22.7 Å². The van der Waals surface area contributed by atoms with Crippen LogP contribution in [0.3, 0.4) is 0 Å². The van der Waals surface area contributed by atoms with Crippen molar-refractivity contribution in [2.45, 2.75) is 13.5 Å². The molecule has 0 atom stereocenters. The fourth-order valence-electron chi connectivity index (χ4n) is 2.29. The van der Waals surface area contributed by atoms with Crippen molar-refractivity contribution in [1.82, 2.24) is 9.55 Å². The predicted octanol–water partition coefficient (Wildman–Crippen LogP) is 3.26. The molecule has 0 spiro atoms. The largest absolute Gasteiger partial charge is 0.324 e. The number of benzene rings is 2. The third-order valence-electron chi connectivity index (χ3n) is 3.25. The SMILES string of the molecule is Cc1nc2cc(C#N)ccc2n1Cc1ccccc1. The lowest BCUT2D eigenvalue weighted by Gasteiger charge is -2.06. The second-order valence-corrected chi connectivity index (χ2v) is 4.55. The first-order chi connectivity index (χ1) is 9.28. The van der Waals surface area contributed by atoms with Gasteiger partial charge in [0.15, 0.2) is 0 Å². The summed E-state index contributed by atoms with van der Waals surface area (Å²) in [5.41, 5.74) is 3.85. The maximum atomic E-state index is 8.92. The van der Waals surface area contributed by atoms with Crippen molar-refractivity contribution in [3.05, 3.63) is 65.5 Å². The fourth-order valence-corrected chi connectivity index (χ4v) is 2.29. The Morgan fingerprint density at radius 2 is 1.95 bits per heavy atom. The Morgan fingerprint density at radius 1 is 1.16 bits per heavy atom. The molecule has 0 fully saturated rings. The average molecular weight is 247 g/mol. The molecule has 0 aliphatic rings. The van der Waals surface area contributed by atoms with Crippen LogP contribution in [-0.4, -0.2) is 9.55 Å². The maximum absolute atomic E-state index is 8.92. The lowest BCUT2D eigenvalue weighted by molar-refractivity contribution is 0.786. The van der Waals surface area contributed by atoms with Crippen molar-refractivity contribution in [3.63, 3.8) is 0 Å². The summed E-state index contributed by atoms with van der Waals surface area (Å²) in [6, 6.07) is 18.1. The van der Waals surface area contributed by atoms with Crippen LogP contribution in [-0.2, 0) is 6.54 Å². The van der Waals surface area contributed by atoms with Gasteiger partial charge in [0.1, 0.15) is 5.82 Å². The van der Waals surface area contributed by atoms with Crippen molar-refractivity contribution >= 4 is 11.0 Å². The molecule has 2 aromatic carbocycles. The number of nitrogens with zero attached hydrogens (tertiary/aromatic N) is 3. The van der Waals surface area contributed by atoms with Crippen LogP contribution >= 0.6 is 0 Å². The van der Waals surface area contributed by atoms with Gasteiger partial charge in [-0.05, 0) is 30.7 Å². The van der Waals surface area contributed by atoms with Gasteiger partial charge in [-0.1, -0.05) is 30.3 Å². The highest BCUT2D eigenvalue weighted by atomic mass is 15.1. The number of rotatable bonds is 2. The summed E-state index contributed by atoms with van der Waals surface area (Å²) < 4.78 is 2.17. The first-order valence-corrected chi connectivity index (χ1v) is 6.19. The van der Waals surface area contributed by atoms with E-state index in [0.717, 1.165) is 23.4 Å². The van der Waals surface area contributed by atoms with E-state index in [1.54, 1.807) is 0 Å². The molecule has 1 heterocycles. The van der Waals surface area contributed by atoms with Crippen LogP contribution in [0.15, 0.2) is 48.5 Å². The van der Waals surface area contributed by atoms with Crippen LogP contribution in [0.5, 0.6) is 0 Å². The Balaban J connectivity index is 2.09. The molecule has 19 heavy (non-hydrogen) atoms. The molecule has 3 nitrogen and oxygen atoms in total. The summed E-state index contributed by atoms with van der Waals surface area (Å²) >= 11 is 0. The highest BCUT2D eigenvalue weighted by molar-refractivity contribution is 5.77. The molecular weight excluding hydrogens is 234 g/mol. The molecule has 3 aromatic rings. The van der Waals surface area contributed by atoms with Crippen LogP contribution in [0.4, 0.5) is 0 Å². The topological polar surface area (TPSA) is 41.6 Å². The second-order valence-electron chi connectivity index (χ2n) is 4.55. The summed E-state index contributed by atoms with van der Waals surface area (Å²) in [7, 11) is 0. The molecule has 0 N–H and O–H groups in total. The van der Waals surface area contributed by atoms with Gasteiger partial charge in [0.2, 0.25) is 0 Å². The second kappa shape index (κ2) is 4.58. The molecule has 0 amide bonds. The van der Waals surface area contributed by atoms with E-state index in [1.807, 2.05) is 43.3 Å². The predicted molar refractivity (Wildman–Crippen MR) is 74.7 cm³/mol. The Kier molecular flexibility index (Phi) is 2.77. The summed E-state index contributed by atoms with van der Waals surface area (Å²) in [6.07, 6.45) is 0. The Hall–Kier alpha value is -2.60. The zero-order valence-electron chi connectivity index (χ0n) is 10.7. The average Bonchev–Trinajstić information content (AvgIpc) is 2.75. The maximum Gasteiger partial charge on any atom is 0.107 e. The first-order valence-electron chi connectivity index (χ1n) is 6.19. The van der Waals surface area contributed by atoms with Gasteiger partial charge in [-0.2, -0.15) is 5.26 Å². The molecule has 0 radical (unpaired) electrons. The number of hydrogen-bond donors (Lipinski definition) is 0. The van der Waals surface area contributed by atoms with Crippen LogP contribution < -0.4 is 0 Å². The summed E-state index contributed by atoms with van der Waals surface area (Å²) in [5.74, 6) is 0.967. The summed E-state index contributed by atoms with van der Waals surface area (Å²) in [4.78, 5) is 4.53. The van der Waals surface area contributed by atoms with Crippen LogP contribution in [0.25, 0.3) is 11.0 Å². The third kappa shape index (κ3) is 2.09. The van der Waals surface area contributed by atoms with Crippen molar-refractivity contribution in [1.29, 1.82) is 5.26 Å². The highest BCUT2D eigenvalue weighted by Crippen LogP contribution is 2.19. The number of imidazole rings is 1. The van der Waals surface area contributed by atoms with Crippen molar-refractivity contribution in [2.24, 2.45) is 0 Å². The van der Waals surface area contributed by atoms with Crippen molar-refractivity contribution < 1.29 is 0 Å². The minimum absolute atomic E-state index is 0.650. The molecule has 0 unspecified atom stereocenters. The Bertz CT molecular complexity index is 764. The van der Waals surface area contributed by atoms with Gasteiger partial charge in [-0.15, -0.1) is 0 Å². The number of fused-ring (bicyclic) bond motifs is 1. The van der Waals surface area contributed by atoms with Gasteiger partial charge in [-0.25, -0.2) is 4.98 Å². The highest BCUT2D eigenvalue weighted by Gasteiger charge is 2.08. The third-order valence-corrected chi connectivity index (χ3v) is 3.25. The van der Waals surface area contributed by atoms with E-state index in [0.29, 0.717) is 5.56 Å². The van der Waals surface area contributed by atoms with E-state index in [4.69, 9.17) is 5.26 Å². The number of hydrogen-bond acceptors (Lipinski definition) is 2. The number of nitriles is 1. The molecule has 3 rings (SSSR count). The lowest BCUT2D eigenvalue weighted by atomic mass is 10.2. The summed E-state index contributed by atoms with van der Waals surface area (Å²) in [5, 5.41) is 8.92. The van der Waals surface area contributed by atoms with Crippen LogP contribution in [0, 0.1) is 18.3 Å².